The van der Waals surface area contributed by atoms with E-state index in [1.165, 1.54) is 6.92 Å². The molecule has 2 nitrogen and oxygen atoms in total. The third kappa shape index (κ3) is 4.61. The number of halogens is 17. The van der Waals surface area contributed by atoms with Gasteiger partial charge in [-0.2, -0.15) is 74.6 Å². The normalized spacial score (nSPS) is 15.4. The molecule has 0 saturated carbocycles. The maximum atomic E-state index is 13.5. The molecule has 0 bridgehead atoms. The van der Waals surface area contributed by atoms with Crippen LogP contribution in [0, 0.1) is 0 Å². The van der Waals surface area contributed by atoms with E-state index in [-0.39, 0.29) is 12.8 Å². The van der Waals surface area contributed by atoms with E-state index in [0.29, 0.717) is 0 Å². The maximum Gasteiger partial charge on any atom is 0.473 e. The molecular weight excluding hydrogens is 535 g/mol. The lowest BCUT2D eigenvalue weighted by Crippen LogP contribution is -2.74. The smallest absolute Gasteiger partial charge is 0.393 e. The fourth-order valence-electron chi connectivity index (χ4n) is 1.89. The summed E-state index contributed by atoms with van der Waals surface area (Å²) < 4.78 is 224. The Morgan fingerprint density at radius 3 is 1.26 bits per heavy atom. The number of alkyl halides is 17. The first kappa shape index (κ1) is 32.0. The number of hydrogen-bond donors (Lipinski definition) is 0. The zero-order valence-electron chi connectivity index (χ0n) is 16.1. The van der Waals surface area contributed by atoms with Gasteiger partial charge in [0.15, 0.2) is 0 Å². The Kier molecular flexibility index (Phi) is 8.39. The first-order valence-electron chi connectivity index (χ1n) is 8.24. The summed E-state index contributed by atoms with van der Waals surface area (Å²) in [6, 6.07) is 0. The zero-order chi connectivity index (χ0) is 28.0. The Morgan fingerprint density at radius 1 is 0.618 bits per heavy atom. The highest BCUT2D eigenvalue weighted by atomic mass is 19.4. The number of unbranched alkanes of at least 4 members (excludes halogenated alkanes) is 1. The van der Waals surface area contributed by atoms with E-state index >= 15 is 0 Å². The molecule has 0 aliphatic heterocycles. The second kappa shape index (κ2) is 8.91. The Balaban J connectivity index is 6.50. The SMILES string of the molecule is C=C(CCCC)C(=O)OC(F)(F)C(F)(F)C(F)(F)C(F)(F)C(F)(F)C(F)(F)C(F)(F)C(F)(F)F. The molecule has 34 heavy (non-hydrogen) atoms. The first-order valence-corrected chi connectivity index (χ1v) is 8.24. The van der Waals surface area contributed by atoms with Crippen molar-refractivity contribution in [1.29, 1.82) is 0 Å². The van der Waals surface area contributed by atoms with Gasteiger partial charge in [-0.25, -0.2) is 4.79 Å². The molecule has 0 heterocycles. The first-order chi connectivity index (χ1) is 14.6. The number of ether oxygens (including phenoxy) is 1. The van der Waals surface area contributed by atoms with Crippen LogP contribution in [0.1, 0.15) is 26.2 Å². The van der Waals surface area contributed by atoms with Crippen molar-refractivity contribution >= 4 is 5.97 Å². The molecule has 0 aromatic rings. The quantitative estimate of drug-likeness (QED) is 0.155. The minimum atomic E-state index is -8.74. The van der Waals surface area contributed by atoms with Gasteiger partial charge in [0.05, 0.1) is 0 Å². The van der Waals surface area contributed by atoms with E-state index in [1.807, 2.05) is 0 Å². The lowest BCUT2D eigenvalue weighted by atomic mass is 9.90. The van der Waals surface area contributed by atoms with Crippen molar-refractivity contribution < 1.29 is 84.2 Å². The Bertz CT molecular complexity index is 765. The van der Waals surface area contributed by atoms with Crippen molar-refractivity contribution in [2.45, 2.75) is 74.0 Å². The number of rotatable bonds is 11. The van der Waals surface area contributed by atoms with Crippen LogP contribution in [0.3, 0.4) is 0 Å². The molecule has 19 heteroatoms. The summed E-state index contributed by atoms with van der Waals surface area (Å²) in [7, 11) is 0. The predicted molar refractivity (Wildman–Crippen MR) is 75.4 cm³/mol. The fraction of sp³-hybridized carbons (Fsp3) is 0.800. The van der Waals surface area contributed by atoms with Gasteiger partial charge in [0.1, 0.15) is 0 Å². The molecule has 0 aliphatic rings. The minimum Gasteiger partial charge on any atom is -0.393 e. The lowest BCUT2D eigenvalue weighted by Gasteiger charge is -2.42. The topological polar surface area (TPSA) is 26.3 Å². The van der Waals surface area contributed by atoms with Crippen molar-refractivity contribution in [3.05, 3.63) is 12.2 Å². The number of hydrogen-bond acceptors (Lipinski definition) is 2. The van der Waals surface area contributed by atoms with Crippen LogP contribution in [0.4, 0.5) is 74.6 Å². The fourth-order valence-corrected chi connectivity index (χ4v) is 1.89. The average molecular weight is 546 g/mol. The summed E-state index contributed by atoms with van der Waals surface area (Å²) in [5.41, 5.74) is -1.16. The van der Waals surface area contributed by atoms with Gasteiger partial charge < -0.3 is 4.74 Å². The Hall–Kier alpha value is -1.98. The summed E-state index contributed by atoms with van der Waals surface area (Å²) in [6.45, 7) is 4.11. The van der Waals surface area contributed by atoms with Crippen molar-refractivity contribution in [2.75, 3.05) is 0 Å². The molecule has 0 aliphatic carbocycles. The van der Waals surface area contributed by atoms with E-state index in [9.17, 15) is 79.4 Å². The molecular formula is C15H11F17O2. The minimum absolute atomic E-state index is 0.0845. The summed E-state index contributed by atoms with van der Waals surface area (Å²) in [4.78, 5) is 11.2. The molecule has 0 atom stereocenters. The molecule has 0 fully saturated rings. The summed E-state index contributed by atoms with van der Waals surface area (Å²) in [5, 5.41) is 0. The molecule has 0 aromatic carbocycles. The van der Waals surface area contributed by atoms with Gasteiger partial charge in [-0.05, 0) is 12.8 Å². The molecule has 0 radical (unpaired) electrons. The van der Waals surface area contributed by atoms with E-state index in [0.717, 1.165) is 0 Å². The number of esters is 1. The van der Waals surface area contributed by atoms with Gasteiger partial charge in [0, 0.05) is 5.57 Å². The van der Waals surface area contributed by atoms with Crippen LogP contribution in [0.2, 0.25) is 0 Å². The van der Waals surface area contributed by atoms with Gasteiger partial charge in [-0.3, -0.25) is 0 Å². The van der Waals surface area contributed by atoms with Gasteiger partial charge in [0.2, 0.25) is 0 Å². The highest BCUT2D eigenvalue weighted by Crippen LogP contribution is 2.64. The molecule has 0 N–H and O–H groups in total. The second-order valence-corrected chi connectivity index (χ2v) is 6.56. The highest BCUT2D eigenvalue weighted by molar-refractivity contribution is 5.87. The molecule has 0 unspecified atom stereocenters. The van der Waals surface area contributed by atoms with E-state index < -0.39 is 65.8 Å². The average Bonchev–Trinajstić information content (AvgIpc) is 2.63. The van der Waals surface area contributed by atoms with E-state index in [4.69, 9.17) is 0 Å². The van der Waals surface area contributed by atoms with Crippen LogP contribution >= 0.6 is 0 Å². The highest BCUT2D eigenvalue weighted by Gasteiger charge is 2.95. The van der Waals surface area contributed by atoms with Crippen molar-refractivity contribution in [3.8, 4) is 0 Å². The summed E-state index contributed by atoms with van der Waals surface area (Å²) in [5.74, 6) is -53.6. The van der Waals surface area contributed by atoms with Crippen molar-refractivity contribution in [3.63, 3.8) is 0 Å². The van der Waals surface area contributed by atoms with Crippen LogP contribution in [0.25, 0.3) is 0 Å². The van der Waals surface area contributed by atoms with Crippen LogP contribution in [0.15, 0.2) is 12.2 Å². The summed E-state index contributed by atoms with van der Waals surface area (Å²) >= 11 is 0. The van der Waals surface area contributed by atoms with Gasteiger partial charge in [-0.15, -0.1) is 0 Å². The monoisotopic (exact) mass is 546 g/mol. The lowest BCUT2D eigenvalue weighted by molar-refractivity contribution is -0.473. The standard InChI is InChI=1S/C15H11F17O2/c1-3-4-5-6(2)7(33)34-15(31,32)13(26,27)11(22,23)9(18,19)8(16,17)10(20,21)12(24,25)14(28,29)30/h2-5H2,1H3. The van der Waals surface area contributed by atoms with Crippen LogP contribution in [-0.2, 0) is 9.53 Å². The maximum absolute atomic E-state index is 13.5. The third-order valence-corrected chi connectivity index (χ3v) is 4.03. The van der Waals surface area contributed by atoms with Crippen LogP contribution < -0.4 is 0 Å². The molecule has 202 valence electrons. The van der Waals surface area contributed by atoms with E-state index in [1.54, 1.807) is 0 Å². The molecule has 0 rings (SSSR count). The van der Waals surface area contributed by atoms with Crippen LogP contribution in [-0.4, -0.2) is 53.8 Å². The predicted octanol–water partition coefficient (Wildman–Crippen LogP) is 7.24. The van der Waals surface area contributed by atoms with E-state index in [2.05, 4.69) is 11.3 Å². The molecule has 0 amide bonds. The summed E-state index contributed by atoms with van der Waals surface area (Å²) in [6.07, 6.45) is -15.6. The number of carbonyl (C=O) groups is 1. The van der Waals surface area contributed by atoms with Gasteiger partial charge in [-0.1, -0.05) is 19.9 Å². The van der Waals surface area contributed by atoms with Crippen LogP contribution in [0.5, 0.6) is 0 Å². The molecule has 0 aromatic heterocycles. The van der Waals surface area contributed by atoms with Gasteiger partial charge in [0.25, 0.3) is 0 Å². The molecule has 0 spiro atoms. The molecule has 0 saturated heterocycles. The largest absolute Gasteiger partial charge is 0.473 e. The Morgan fingerprint density at radius 2 is 0.941 bits per heavy atom. The third-order valence-electron chi connectivity index (χ3n) is 4.03. The second-order valence-electron chi connectivity index (χ2n) is 6.56. The van der Waals surface area contributed by atoms with Crippen molar-refractivity contribution in [1.82, 2.24) is 0 Å². The Labute approximate surface area is 177 Å². The van der Waals surface area contributed by atoms with Crippen molar-refractivity contribution in [2.24, 2.45) is 0 Å². The van der Waals surface area contributed by atoms with Gasteiger partial charge >= 0.3 is 53.8 Å². The number of carbonyl (C=O) groups excluding carboxylic acids is 1. The zero-order valence-corrected chi connectivity index (χ0v) is 16.1.